The Kier molecular flexibility index (Phi) is 5.63. The minimum atomic E-state index is -0.0767. The van der Waals surface area contributed by atoms with Gasteiger partial charge in [-0.25, -0.2) is 0 Å². The summed E-state index contributed by atoms with van der Waals surface area (Å²) < 4.78 is 16.8. The molecule has 0 atom stereocenters. The van der Waals surface area contributed by atoms with Crippen LogP contribution in [0.15, 0.2) is 34.9 Å². The number of amides is 2. The van der Waals surface area contributed by atoms with Crippen molar-refractivity contribution in [1.82, 2.24) is 15.0 Å². The highest BCUT2D eigenvalue weighted by Crippen LogP contribution is 2.40. The van der Waals surface area contributed by atoms with E-state index in [2.05, 4.69) is 5.16 Å². The van der Waals surface area contributed by atoms with E-state index in [4.69, 9.17) is 14.0 Å². The van der Waals surface area contributed by atoms with Gasteiger partial charge in [0.15, 0.2) is 5.69 Å². The van der Waals surface area contributed by atoms with Crippen LogP contribution in [-0.4, -0.2) is 72.3 Å². The molecule has 0 radical (unpaired) electrons. The topological polar surface area (TPSA) is 85.1 Å². The molecule has 31 heavy (non-hydrogen) atoms. The van der Waals surface area contributed by atoms with Crippen LogP contribution in [0.5, 0.6) is 5.75 Å². The molecule has 1 aliphatic carbocycles. The maximum atomic E-state index is 12.7. The SMILES string of the molecule is O=C(c1cccc(OC2CCN(C(=O)c3cc(C4CC4)on3)CC2)c1)N1CCOCC1. The fourth-order valence-corrected chi connectivity index (χ4v) is 4.13. The lowest BCUT2D eigenvalue weighted by Gasteiger charge is -2.32. The minimum Gasteiger partial charge on any atom is -0.490 e. The van der Waals surface area contributed by atoms with E-state index < -0.39 is 0 Å². The zero-order valence-electron chi connectivity index (χ0n) is 17.5. The Bertz CT molecular complexity index is 940. The molecule has 2 aliphatic heterocycles. The van der Waals surface area contributed by atoms with Crippen LogP contribution in [0, 0.1) is 0 Å². The largest absolute Gasteiger partial charge is 0.490 e. The Morgan fingerprint density at radius 2 is 1.68 bits per heavy atom. The van der Waals surface area contributed by atoms with Crippen LogP contribution in [0.25, 0.3) is 0 Å². The zero-order chi connectivity index (χ0) is 21.2. The molecule has 0 N–H and O–H groups in total. The molecule has 3 fully saturated rings. The molecule has 3 aliphatic rings. The molecule has 2 amide bonds. The minimum absolute atomic E-state index is 0.00680. The Balaban J connectivity index is 1.15. The van der Waals surface area contributed by atoms with E-state index in [-0.39, 0.29) is 17.9 Å². The maximum absolute atomic E-state index is 12.7. The van der Waals surface area contributed by atoms with Crippen molar-refractivity contribution in [2.45, 2.75) is 37.7 Å². The van der Waals surface area contributed by atoms with Gasteiger partial charge in [-0.15, -0.1) is 0 Å². The Hall–Kier alpha value is -2.87. The van der Waals surface area contributed by atoms with Crippen molar-refractivity contribution >= 4 is 11.8 Å². The third-order valence-electron chi connectivity index (χ3n) is 6.14. The lowest BCUT2D eigenvalue weighted by Crippen LogP contribution is -2.42. The number of benzene rings is 1. The van der Waals surface area contributed by atoms with E-state index in [9.17, 15) is 9.59 Å². The summed E-state index contributed by atoms with van der Waals surface area (Å²) in [5.74, 6) is 1.89. The summed E-state index contributed by atoms with van der Waals surface area (Å²) in [5.41, 5.74) is 1.03. The van der Waals surface area contributed by atoms with E-state index in [0.717, 1.165) is 31.4 Å². The standard InChI is InChI=1S/C23H27N3O5/c27-22(26-10-12-29-13-11-26)17-2-1-3-19(14-17)30-18-6-8-25(9-7-18)23(28)20-15-21(31-24-20)16-4-5-16/h1-3,14-16,18H,4-13H2. The molecule has 1 aromatic carbocycles. The fraction of sp³-hybridized carbons (Fsp3) is 0.522. The van der Waals surface area contributed by atoms with Crippen molar-refractivity contribution in [1.29, 1.82) is 0 Å². The summed E-state index contributed by atoms with van der Waals surface area (Å²) in [6, 6.07) is 9.15. The zero-order valence-corrected chi connectivity index (χ0v) is 17.5. The molecule has 2 aromatic rings. The number of ether oxygens (including phenoxy) is 2. The molecular formula is C23H27N3O5. The average molecular weight is 425 g/mol. The number of hydrogen-bond acceptors (Lipinski definition) is 6. The third-order valence-corrected chi connectivity index (χ3v) is 6.14. The normalized spacial score (nSPS) is 20.0. The molecule has 0 unspecified atom stereocenters. The molecule has 3 heterocycles. The molecule has 1 aromatic heterocycles. The number of carbonyl (C=O) groups excluding carboxylic acids is 2. The summed E-state index contributed by atoms with van der Waals surface area (Å²) in [4.78, 5) is 29.0. The first kappa shape index (κ1) is 20.1. The third kappa shape index (κ3) is 4.58. The number of carbonyl (C=O) groups is 2. The predicted molar refractivity (Wildman–Crippen MR) is 111 cm³/mol. The van der Waals surface area contributed by atoms with Crippen LogP contribution >= 0.6 is 0 Å². The van der Waals surface area contributed by atoms with Gasteiger partial charge in [0.25, 0.3) is 11.8 Å². The summed E-state index contributed by atoms with van der Waals surface area (Å²) in [6.07, 6.45) is 3.72. The van der Waals surface area contributed by atoms with Crippen LogP contribution < -0.4 is 4.74 Å². The highest BCUT2D eigenvalue weighted by molar-refractivity contribution is 5.94. The number of rotatable bonds is 5. The first-order valence-corrected chi connectivity index (χ1v) is 11.1. The highest BCUT2D eigenvalue weighted by Gasteiger charge is 2.31. The van der Waals surface area contributed by atoms with Crippen LogP contribution in [0.1, 0.15) is 58.2 Å². The van der Waals surface area contributed by atoms with Crippen molar-refractivity contribution in [3.8, 4) is 5.75 Å². The lowest BCUT2D eigenvalue weighted by atomic mass is 10.1. The second kappa shape index (κ2) is 8.70. The van der Waals surface area contributed by atoms with Crippen LogP contribution in [-0.2, 0) is 4.74 Å². The van der Waals surface area contributed by atoms with Crippen LogP contribution in [0.3, 0.4) is 0 Å². The van der Waals surface area contributed by atoms with Gasteiger partial charge in [-0.2, -0.15) is 0 Å². The van der Waals surface area contributed by atoms with Crippen molar-refractivity contribution < 1.29 is 23.6 Å². The Labute approximate surface area is 181 Å². The quantitative estimate of drug-likeness (QED) is 0.732. The van der Waals surface area contributed by atoms with Gasteiger partial charge in [-0.1, -0.05) is 11.2 Å². The van der Waals surface area contributed by atoms with E-state index in [0.29, 0.717) is 62.3 Å². The summed E-state index contributed by atoms with van der Waals surface area (Å²) in [7, 11) is 0. The van der Waals surface area contributed by atoms with Crippen molar-refractivity contribution in [3.05, 3.63) is 47.3 Å². The highest BCUT2D eigenvalue weighted by atomic mass is 16.5. The van der Waals surface area contributed by atoms with Crippen molar-refractivity contribution in [2.24, 2.45) is 0 Å². The molecule has 8 heteroatoms. The second-order valence-electron chi connectivity index (χ2n) is 8.43. The van der Waals surface area contributed by atoms with E-state index >= 15 is 0 Å². The van der Waals surface area contributed by atoms with Gasteiger partial charge in [0.05, 0.1) is 13.2 Å². The predicted octanol–water partition coefficient (Wildman–Crippen LogP) is 2.71. The average Bonchev–Trinajstić information content (AvgIpc) is 3.56. The van der Waals surface area contributed by atoms with E-state index in [1.54, 1.807) is 6.07 Å². The van der Waals surface area contributed by atoms with Crippen molar-refractivity contribution in [2.75, 3.05) is 39.4 Å². The van der Waals surface area contributed by atoms with E-state index in [1.807, 2.05) is 34.1 Å². The number of likely N-dealkylation sites (tertiary alicyclic amines) is 1. The molecule has 1 saturated carbocycles. The smallest absolute Gasteiger partial charge is 0.276 e. The van der Waals surface area contributed by atoms with Gasteiger partial charge < -0.3 is 23.8 Å². The van der Waals surface area contributed by atoms with Gasteiger partial charge in [-0.05, 0) is 31.0 Å². The van der Waals surface area contributed by atoms with Crippen LogP contribution in [0.2, 0.25) is 0 Å². The molecule has 164 valence electrons. The number of aromatic nitrogens is 1. The summed E-state index contributed by atoms with van der Waals surface area (Å²) >= 11 is 0. The number of hydrogen-bond donors (Lipinski definition) is 0. The monoisotopic (exact) mass is 425 g/mol. The molecule has 0 bridgehead atoms. The van der Waals surface area contributed by atoms with Crippen LogP contribution in [0.4, 0.5) is 0 Å². The van der Waals surface area contributed by atoms with Gasteiger partial charge in [-0.3, -0.25) is 9.59 Å². The number of nitrogens with zero attached hydrogens (tertiary/aromatic N) is 3. The number of morpholine rings is 1. The second-order valence-corrected chi connectivity index (χ2v) is 8.43. The number of piperidine rings is 1. The first-order valence-electron chi connectivity index (χ1n) is 11.1. The first-order chi connectivity index (χ1) is 15.2. The molecule has 8 nitrogen and oxygen atoms in total. The fourth-order valence-electron chi connectivity index (χ4n) is 4.13. The Morgan fingerprint density at radius 1 is 0.935 bits per heavy atom. The van der Waals surface area contributed by atoms with Crippen molar-refractivity contribution in [3.63, 3.8) is 0 Å². The molecule has 0 spiro atoms. The molecule has 5 rings (SSSR count). The molecular weight excluding hydrogens is 398 g/mol. The maximum Gasteiger partial charge on any atom is 0.276 e. The summed E-state index contributed by atoms with van der Waals surface area (Å²) in [5, 5.41) is 3.96. The van der Waals surface area contributed by atoms with Gasteiger partial charge in [0, 0.05) is 56.6 Å². The van der Waals surface area contributed by atoms with Gasteiger partial charge >= 0.3 is 0 Å². The summed E-state index contributed by atoms with van der Waals surface area (Å²) in [6.45, 7) is 3.61. The Morgan fingerprint density at radius 3 is 2.42 bits per heavy atom. The lowest BCUT2D eigenvalue weighted by molar-refractivity contribution is 0.0302. The van der Waals surface area contributed by atoms with Gasteiger partial charge in [0.2, 0.25) is 0 Å². The molecule has 2 saturated heterocycles. The van der Waals surface area contributed by atoms with E-state index in [1.165, 1.54) is 0 Å². The van der Waals surface area contributed by atoms with Gasteiger partial charge in [0.1, 0.15) is 17.6 Å².